The number of ether oxygens (including phenoxy) is 1. The van der Waals surface area contributed by atoms with Gasteiger partial charge in [-0.3, -0.25) is 4.79 Å². The van der Waals surface area contributed by atoms with Crippen LogP contribution in [-0.2, 0) is 4.74 Å². The SMILES string of the molecule is CC(C)(C)OC(=O)NCC(=O)c1cccc(F)c1F. The van der Waals surface area contributed by atoms with E-state index in [2.05, 4.69) is 5.32 Å². The minimum absolute atomic E-state index is 0.406. The fraction of sp³-hybridized carbons (Fsp3) is 0.385. The highest BCUT2D eigenvalue weighted by molar-refractivity contribution is 5.99. The van der Waals surface area contributed by atoms with Crippen LogP contribution in [0.2, 0.25) is 0 Å². The standard InChI is InChI=1S/C13H15F2NO3/c1-13(2,3)19-12(18)16-7-10(17)8-5-4-6-9(14)11(8)15/h4-6H,7H2,1-3H3,(H,16,18). The lowest BCUT2D eigenvalue weighted by Crippen LogP contribution is -2.35. The van der Waals surface area contributed by atoms with Gasteiger partial charge < -0.3 is 10.1 Å². The van der Waals surface area contributed by atoms with Gasteiger partial charge in [0.1, 0.15) is 5.60 Å². The van der Waals surface area contributed by atoms with Crippen LogP contribution in [0.25, 0.3) is 0 Å². The van der Waals surface area contributed by atoms with Crippen molar-refractivity contribution >= 4 is 11.9 Å². The van der Waals surface area contributed by atoms with Gasteiger partial charge in [0.25, 0.3) is 0 Å². The molecule has 0 atom stereocenters. The maximum Gasteiger partial charge on any atom is 0.408 e. The van der Waals surface area contributed by atoms with Gasteiger partial charge in [-0.2, -0.15) is 0 Å². The number of ketones is 1. The summed E-state index contributed by atoms with van der Waals surface area (Å²) in [5, 5.41) is 2.18. The molecule has 1 aromatic carbocycles. The molecule has 0 heterocycles. The van der Waals surface area contributed by atoms with Crippen molar-refractivity contribution in [1.82, 2.24) is 5.32 Å². The molecule has 0 fully saturated rings. The summed E-state index contributed by atoms with van der Waals surface area (Å²) in [5.41, 5.74) is -1.10. The van der Waals surface area contributed by atoms with Crippen molar-refractivity contribution in [2.75, 3.05) is 6.54 Å². The third-order valence-electron chi connectivity index (χ3n) is 2.04. The maximum atomic E-state index is 13.3. The highest BCUT2D eigenvalue weighted by Crippen LogP contribution is 2.12. The molecule has 0 aliphatic heterocycles. The van der Waals surface area contributed by atoms with Crippen LogP contribution >= 0.6 is 0 Å². The maximum absolute atomic E-state index is 13.3. The molecule has 1 amide bonds. The van der Waals surface area contributed by atoms with Crippen LogP contribution in [-0.4, -0.2) is 24.0 Å². The molecule has 1 rings (SSSR count). The summed E-state index contributed by atoms with van der Waals surface area (Å²) >= 11 is 0. The minimum atomic E-state index is -1.22. The van der Waals surface area contributed by atoms with Crippen LogP contribution in [0.1, 0.15) is 31.1 Å². The molecule has 0 unspecified atom stereocenters. The Morgan fingerprint density at radius 3 is 2.47 bits per heavy atom. The molecule has 1 aromatic rings. The van der Waals surface area contributed by atoms with Crippen molar-refractivity contribution < 1.29 is 23.1 Å². The second kappa shape index (κ2) is 5.77. The van der Waals surface area contributed by atoms with Crippen LogP contribution in [0.3, 0.4) is 0 Å². The predicted molar refractivity (Wildman–Crippen MR) is 64.9 cm³/mol. The van der Waals surface area contributed by atoms with Crippen molar-refractivity contribution in [1.29, 1.82) is 0 Å². The first-order valence-electron chi connectivity index (χ1n) is 5.65. The van der Waals surface area contributed by atoms with Crippen LogP contribution in [0.15, 0.2) is 18.2 Å². The van der Waals surface area contributed by atoms with Crippen LogP contribution in [0, 0.1) is 11.6 Å². The summed E-state index contributed by atoms with van der Waals surface area (Å²) in [6.45, 7) is 4.54. The fourth-order valence-corrected chi connectivity index (χ4v) is 1.28. The Hall–Kier alpha value is -1.98. The van der Waals surface area contributed by atoms with Gasteiger partial charge in [0, 0.05) is 0 Å². The van der Waals surface area contributed by atoms with Gasteiger partial charge in [-0.15, -0.1) is 0 Å². The van der Waals surface area contributed by atoms with Gasteiger partial charge in [0.05, 0.1) is 12.1 Å². The molecule has 19 heavy (non-hydrogen) atoms. The summed E-state index contributed by atoms with van der Waals surface area (Å²) in [7, 11) is 0. The Labute approximate surface area is 109 Å². The number of carbonyl (C=O) groups is 2. The molecule has 0 saturated heterocycles. The van der Waals surface area contributed by atoms with Crippen LogP contribution < -0.4 is 5.32 Å². The van der Waals surface area contributed by atoms with E-state index in [9.17, 15) is 18.4 Å². The zero-order chi connectivity index (χ0) is 14.6. The van der Waals surface area contributed by atoms with E-state index < -0.39 is 41.2 Å². The molecule has 0 aliphatic carbocycles. The zero-order valence-corrected chi connectivity index (χ0v) is 10.9. The molecule has 1 N–H and O–H groups in total. The fourth-order valence-electron chi connectivity index (χ4n) is 1.28. The first-order valence-corrected chi connectivity index (χ1v) is 5.65. The van der Waals surface area contributed by atoms with Gasteiger partial charge in [0.15, 0.2) is 17.4 Å². The summed E-state index contributed by atoms with van der Waals surface area (Å²) in [4.78, 5) is 22.9. The lowest BCUT2D eigenvalue weighted by molar-refractivity contribution is 0.0520. The van der Waals surface area contributed by atoms with Crippen molar-refractivity contribution in [2.24, 2.45) is 0 Å². The van der Waals surface area contributed by atoms with E-state index in [1.807, 2.05) is 0 Å². The molecule has 0 saturated carbocycles. The first-order chi connectivity index (χ1) is 8.70. The van der Waals surface area contributed by atoms with Gasteiger partial charge in [-0.05, 0) is 32.9 Å². The molecular weight excluding hydrogens is 256 g/mol. The number of hydrogen-bond donors (Lipinski definition) is 1. The lowest BCUT2D eigenvalue weighted by atomic mass is 10.1. The molecule has 0 spiro atoms. The normalized spacial score (nSPS) is 11.0. The van der Waals surface area contributed by atoms with Gasteiger partial charge >= 0.3 is 6.09 Å². The largest absolute Gasteiger partial charge is 0.444 e. The van der Waals surface area contributed by atoms with E-state index in [0.29, 0.717) is 0 Å². The number of amides is 1. The average molecular weight is 271 g/mol. The van der Waals surface area contributed by atoms with E-state index in [1.54, 1.807) is 20.8 Å². The third-order valence-corrected chi connectivity index (χ3v) is 2.04. The molecule has 104 valence electrons. The number of halogens is 2. The Balaban J connectivity index is 2.61. The van der Waals surface area contributed by atoms with E-state index in [4.69, 9.17) is 4.74 Å². The predicted octanol–water partition coefficient (Wildman–Crippen LogP) is 2.67. The summed E-state index contributed by atoms with van der Waals surface area (Å²) < 4.78 is 31.1. The van der Waals surface area contributed by atoms with Crippen molar-refractivity contribution in [3.8, 4) is 0 Å². The number of rotatable bonds is 3. The topological polar surface area (TPSA) is 55.4 Å². The Morgan fingerprint density at radius 2 is 1.89 bits per heavy atom. The lowest BCUT2D eigenvalue weighted by Gasteiger charge is -2.19. The van der Waals surface area contributed by atoms with E-state index in [0.717, 1.165) is 12.1 Å². The highest BCUT2D eigenvalue weighted by atomic mass is 19.2. The number of carbonyl (C=O) groups excluding carboxylic acids is 2. The molecule has 6 heteroatoms. The molecule has 0 aliphatic rings. The zero-order valence-electron chi connectivity index (χ0n) is 10.9. The second-order valence-corrected chi connectivity index (χ2v) is 4.88. The third kappa shape index (κ3) is 4.65. The minimum Gasteiger partial charge on any atom is -0.444 e. The Kier molecular flexibility index (Phi) is 4.58. The summed E-state index contributed by atoms with van der Waals surface area (Å²) in [6.07, 6.45) is -0.794. The Morgan fingerprint density at radius 1 is 1.26 bits per heavy atom. The highest BCUT2D eigenvalue weighted by Gasteiger charge is 2.19. The van der Waals surface area contributed by atoms with E-state index in [1.165, 1.54) is 6.07 Å². The molecular formula is C13H15F2NO3. The van der Waals surface area contributed by atoms with E-state index >= 15 is 0 Å². The van der Waals surface area contributed by atoms with Crippen molar-refractivity contribution in [3.63, 3.8) is 0 Å². The number of hydrogen-bond acceptors (Lipinski definition) is 3. The van der Waals surface area contributed by atoms with Gasteiger partial charge in [-0.25, -0.2) is 13.6 Å². The van der Waals surface area contributed by atoms with Crippen LogP contribution in [0.4, 0.5) is 13.6 Å². The average Bonchev–Trinajstić information content (AvgIpc) is 2.27. The number of benzene rings is 1. The van der Waals surface area contributed by atoms with Gasteiger partial charge in [0.2, 0.25) is 0 Å². The Bertz CT molecular complexity index is 495. The summed E-state index contributed by atoms with van der Waals surface area (Å²) in [5.74, 6) is -3.07. The number of alkyl carbamates (subject to hydrolysis) is 1. The first kappa shape index (κ1) is 15.1. The molecule has 0 bridgehead atoms. The summed E-state index contributed by atoms with van der Waals surface area (Å²) in [6, 6.07) is 3.28. The van der Waals surface area contributed by atoms with Crippen molar-refractivity contribution in [2.45, 2.75) is 26.4 Å². The van der Waals surface area contributed by atoms with E-state index in [-0.39, 0.29) is 0 Å². The molecule has 4 nitrogen and oxygen atoms in total. The monoisotopic (exact) mass is 271 g/mol. The molecule has 0 aromatic heterocycles. The number of Topliss-reactive ketones (excluding diaryl/α,β-unsaturated/α-hetero) is 1. The quantitative estimate of drug-likeness (QED) is 0.860. The van der Waals surface area contributed by atoms with Crippen LogP contribution in [0.5, 0.6) is 0 Å². The number of nitrogens with one attached hydrogen (secondary N) is 1. The smallest absolute Gasteiger partial charge is 0.408 e. The molecule has 0 radical (unpaired) electrons. The van der Waals surface area contributed by atoms with Gasteiger partial charge in [-0.1, -0.05) is 6.07 Å². The second-order valence-electron chi connectivity index (χ2n) is 4.88. The van der Waals surface area contributed by atoms with Crippen molar-refractivity contribution in [3.05, 3.63) is 35.4 Å².